The number of aliphatic carboxylic acids is 1. The van der Waals surface area contributed by atoms with Crippen molar-refractivity contribution in [2.75, 3.05) is 7.11 Å². The number of carboxylic acids is 1. The van der Waals surface area contributed by atoms with E-state index in [9.17, 15) is 9.59 Å². The van der Waals surface area contributed by atoms with Crippen molar-refractivity contribution in [1.82, 2.24) is 0 Å². The van der Waals surface area contributed by atoms with Gasteiger partial charge < -0.3 is 9.84 Å². The quantitative estimate of drug-likeness (QED) is 0.0523. The van der Waals surface area contributed by atoms with Gasteiger partial charge in [-0.15, -0.1) is 0 Å². The molecule has 1 N–H and O–H groups in total. The molecule has 0 amide bonds. The van der Waals surface area contributed by atoms with Gasteiger partial charge in [0.1, 0.15) is 0 Å². The lowest BCUT2D eigenvalue weighted by atomic mass is 10.1. The highest BCUT2D eigenvalue weighted by atomic mass is 16.5. The molecule has 0 rings (SSSR count). The van der Waals surface area contributed by atoms with E-state index in [1.165, 1.54) is 148 Å². The summed E-state index contributed by atoms with van der Waals surface area (Å²) in [4.78, 5) is 21.2. The molecular formula is C37H70O4. The van der Waals surface area contributed by atoms with Gasteiger partial charge in [0, 0.05) is 12.8 Å². The van der Waals surface area contributed by atoms with Crippen LogP contribution >= 0.6 is 0 Å². The van der Waals surface area contributed by atoms with Gasteiger partial charge >= 0.3 is 11.9 Å². The van der Waals surface area contributed by atoms with Crippen molar-refractivity contribution < 1.29 is 19.4 Å². The summed E-state index contributed by atoms with van der Waals surface area (Å²) in [6.07, 6.45) is 43.2. The minimum Gasteiger partial charge on any atom is -0.481 e. The van der Waals surface area contributed by atoms with Gasteiger partial charge in [-0.25, -0.2) is 0 Å². The van der Waals surface area contributed by atoms with Crippen LogP contribution in [0.5, 0.6) is 0 Å². The van der Waals surface area contributed by atoms with Crippen LogP contribution in [0.2, 0.25) is 0 Å². The molecule has 0 saturated carbocycles. The third-order valence-corrected chi connectivity index (χ3v) is 7.52. The third-order valence-electron chi connectivity index (χ3n) is 7.52. The molecule has 0 aliphatic rings. The summed E-state index contributed by atoms with van der Waals surface area (Å²) in [6.45, 7) is 4.52. The summed E-state index contributed by atoms with van der Waals surface area (Å²) in [5, 5.41) is 8.51. The molecule has 242 valence electrons. The normalized spacial score (nSPS) is 11.2. The summed E-state index contributed by atoms with van der Waals surface area (Å²) >= 11 is 0. The first-order valence-electron chi connectivity index (χ1n) is 17.7. The molecule has 0 aromatic carbocycles. The Morgan fingerprint density at radius 3 is 1.07 bits per heavy atom. The Hall–Kier alpha value is -1.58. The molecule has 0 fully saturated rings. The molecule has 0 aromatic rings. The summed E-state index contributed by atoms with van der Waals surface area (Å²) < 4.78 is 4.62. The van der Waals surface area contributed by atoms with Crippen molar-refractivity contribution in [2.24, 2.45) is 0 Å². The van der Waals surface area contributed by atoms with Crippen LogP contribution in [-0.4, -0.2) is 24.2 Å². The number of hydrogen-bond acceptors (Lipinski definition) is 3. The van der Waals surface area contributed by atoms with Crippen molar-refractivity contribution in [2.45, 2.75) is 194 Å². The van der Waals surface area contributed by atoms with E-state index in [4.69, 9.17) is 5.11 Å². The Morgan fingerprint density at radius 2 is 0.756 bits per heavy atom. The van der Waals surface area contributed by atoms with Crippen molar-refractivity contribution in [3.8, 4) is 0 Å². The van der Waals surface area contributed by atoms with Gasteiger partial charge in [-0.05, 0) is 64.2 Å². The second kappa shape index (κ2) is 38.4. The molecule has 4 heteroatoms. The summed E-state index contributed by atoms with van der Waals surface area (Å²) in [5.74, 6) is -0.741. The van der Waals surface area contributed by atoms with Crippen molar-refractivity contribution in [3.05, 3.63) is 24.3 Å². The SMILES string of the molecule is CCCCCCCC/C=C\CCCCCCCC(=O)O.CCCCCCCC/C=C\CCCCCCCC(=O)OC. The molecule has 0 bridgehead atoms. The molecule has 0 aliphatic carbocycles. The molecule has 0 aliphatic heterocycles. The largest absolute Gasteiger partial charge is 0.481 e. The first-order chi connectivity index (χ1) is 20.1. The van der Waals surface area contributed by atoms with Crippen molar-refractivity contribution in [1.29, 1.82) is 0 Å². The number of rotatable bonds is 30. The van der Waals surface area contributed by atoms with Gasteiger partial charge in [0.05, 0.1) is 7.11 Å². The number of methoxy groups -OCH3 is 1. The molecule has 0 unspecified atom stereocenters. The van der Waals surface area contributed by atoms with Crippen LogP contribution in [-0.2, 0) is 14.3 Å². The summed E-state index contributed by atoms with van der Waals surface area (Å²) in [5.41, 5.74) is 0. The van der Waals surface area contributed by atoms with Gasteiger partial charge in [0.15, 0.2) is 0 Å². The molecule has 0 atom stereocenters. The van der Waals surface area contributed by atoms with Crippen LogP contribution in [0, 0.1) is 0 Å². The van der Waals surface area contributed by atoms with Crippen molar-refractivity contribution in [3.63, 3.8) is 0 Å². The molecule has 0 aromatic heterocycles. The van der Waals surface area contributed by atoms with E-state index in [0.717, 1.165) is 25.7 Å². The van der Waals surface area contributed by atoms with Crippen LogP contribution in [0.25, 0.3) is 0 Å². The van der Waals surface area contributed by atoms with Crippen LogP contribution in [0.4, 0.5) is 0 Å². The average Bonchev–Trinajstić information content (AvgIpc) is 2.97. The first-order valence-corrected chi connectivity index (χ1v) is 17.7. The van der Waals surface area contributed by atoms with E-state index >= 15 is 0 Å². The maximum Gasteiger partial charge on any atom is 0.305 e. The number of hydrogen-bond donors (Lipinski definition) is 1. The second-order valence-corrected chi connectivity index (χ2v) is 11.6. The monoisotopic (exact) mass is 579 g/mol. The Balaban J connectivity index is 0. The number of carbonyl (C=O) groups is 2. The van der Waals surface area contributed by atoms with Crippen LogP contribution in [0.3, 0.4) is 0 Å². The van der Waals surface area contributed by atoms with Crippen LogP contribution < -0.4 is 0 Å². The summed E-state index contributed by atoms with van der Waals surface area (Å²) in [7, 11) is 1.46. The van der Waals surface area contributed by atoms with E-state index in [-0.39, 0.29) is 5.97 Å². The number of unbranched alkanes of at least 4 members (excludes halogenated alkanes) is 22. The van der Waals surface area contributed by atoms with E-state index in [1.54, 1.807) is 0 Å². The number of esters is 1. The fourth-order valence-corrected chi connectivity index (χ4v) is 4.79. The standard InChI is InChI=1S/C19H36O2.C18H34O2/c1-3-4-5-6-7-8-9-10-11-12-13-14-15-16-17-18-19(20)21-2;1-2-3-4-5-6-7-8-9-10-11-12-13-14-15-16-17-18(19)20/h10-11H,3-9,12-18H2,1-2H3;9-10H,2-8,11-17H2,1H3,(H,19,20)/b11-10-;10-9-. The molecule has 41 heavy (non-hydrogen) atoms. The van der Waals surface area contributed by atoms with Crippen LogP contribution in [0.15, 0.2) is 24.3 Å². The topological polar surface area (TPSA) is 63.6 Å². The van der Waals surface area contributed by atoms with Gasteiger partial charge in [-0.2, -0.15) is 0 Å². The molecule has 0 saturated heterocycles. The minimum absolute atomic E-state index is 0.0763. The molecule has 4 nitrogen and oxygen atoms in total. The van der Waals surface area contributed by atoms with E-state index < -0.39 is 5.97 Å². The summed E-state index contributed by atoms with van der Waals surface area (Å²) in [6, 6.07) is 0. The average molecular weight is 579 g/mol. The fraction of sp³-hybridized carbons (Fsp3) is 0.838. The Kier molecular flexibility index (Phi) is 38.9. The smallest absolute Gasteiger partial charge is 0.305 e. The van der Waals surface area contributed by atoms with E-state index in [1.807, 2.05) is 0 Å². The Morgan fingerprint density at radius 1 is 0.463 bits per heavy atom. The highest BCUT2D eigenvalue weighted by Crippen LogP contribution is 2.11. The number of carbonyl (C=O) groups excluding carboxylic acids is 1. The van der Waals surface area contributed by atoms with Gasteiger partial charge in [0.2, 0.25) is 0 Å². The lowest BCUT2D eigenvalue weighted by Crippen LogP contribution is -1.98. The number of allylic oxidation sites excluding steroid dienone is 4. The zero-order chi connectivity index (χ0) is 30.5. The lowest BCUT2D eigenvalue weighted by Gasteiger charge is -2.00. The first kappa shape index (κ1) is 41.6. The molecule has 0 spiro atoms. The van der Waals surface area contributed by atoms with E-state index in [0.29, 0.717) is 12.8 Å². The van der Waals surface area contributed by atoms with Crippen molar-refractivity contribution >= 4 is 11.9 Å². The second-order valence-electron chi connectivity index (χ2n) is 11.6. The number of ether oxygens (including phenoxy) is 1. The Labute approximate surface area is 256 Å². The fourth-order valence-electron chi connectivity index (χ4n) is 4.79. The Bertz CT molecular complexity index is 581. The number of carboxylic acid groups (broad SMARTS) is 1. The predicted molar refractivity (Wildman–Crippen MR) is 179 cm³/mol. The van der Waals surface area contributed by atoms with Crippen LogP contribution in [0.1, 0.15) is 194 Å². The highest BCUT2D eigenvalue weighted by molar-refractivity contribution is 5.69. The van der Waals surface area contributed by atoms with Gasteiger partial charge in [0.25, 0.3) is 0 Å². The predicted octanol–water partition coefficient (Wildman–Crippen LogP) is 12.3. The lowest BCUT2D eigenvalue weighted by molar-refractivity contribution is -0.141. The highest BCUT2D eigenvalue weighted by Gasteiger charge is 1.99. The van der Waals surface area contributed by atoms with Gasteiger partial charge in [-0.3, -0.25) is 9.59 Å². The zero-order valence-electron chi connectivity index (χ0n) is 27.8. The third kappa shape index (κ3) is 43.0. The van der Waals surface area contributed by atoms with E-state index in [2.05, 4.69) is 42.9 Å². The zero-order valence-corrected chi connectivity index (χ0v) is 27.8. The minimum atomic E-state index is -0.664. The molecular weight excluding hydrogens is 508 g/mol. The molecule has 0 heterocycles. The molecule has 0 radical (unpaired) electrons. The maximum absolute atomic E-state index is 10.9. The van der Waals surface area contributed by atoms with Gasteiger partial charge in [-0.1, -0.05) is 141 Å². The maximum atomic E-state index is 10.9.